The van der Waals surface area contributed by atoms with E-state index in [0.29, 0.717) is 13.3 Å². The smallest absolute Gasteiger partial charge is 0.309 e. The molecule has 0 aliphatic rings. The van der Waals surface area contributed by atoms with Crippen molar-refractivity contribution in [1.29, 1.82) is 0 Å². The SMILES string of the molecule is CC(C)(C)c1ccc(-c2cc(-c3ccc(C(C)(C)C)cc3)nc(-c3ccc(-c4ccc(BOC(C)(C)C(C)(C)O)cc4)nc3)n2)cc1. The number of hydrogen-bond donors (Lipinski definition) is 1. The summed E-state index contributed by atoms with van der Waals surface area (Å²) in [5, 5.41) is 10.4. The van der Waals surface area contributed by atoms with Crippen LogP contribution in [0.4, 0.5) is 0 Å². The first-order valence-electron chi connectivity index (χ1n) is 16.4. The molecule has 0 spiro atoms. The summed E-state index contributed by atoms with van der Waals surface area (Å²) in [4.78, 5) is 14.9. The fourth-order valence-corrected chi connectivity index (χ4v) is 5.06. The van der Waals surface area contributed by atoms with Crippen LogP contribution in [-0.2, 0) is 15.5 Å². The minimum absolute atomic E-state index is 0.0743. The van der Waals surface area contributed by atoms with Gasteiger partial charge in [0.1, 0.15) is 0 Å². The average Bonchev–Trinajstić information content (AvgIpc) is 3.03. The van der Waals surface area contributed by atoms with Gasteiger partial charge in [-0.3, -0.25) is 4.98 Å². The molecule has 0 saturated heterocycles. The van der Waals surface area contributed by atoms with Gasteiger partial charge in [-0.05, 0) is 67.9 Å². The highest BCUT2D eigenvalue weighted by Crippen LogP contribution is 2.32. The van der Waals surface area contributed by atoms with Gasteiger partial charge in [0.15, 0.2) is 5.82 Å². The Morgan fingerprint density at radius 1 is 0.532 bits per heavy atom. The van der Waals surface area contributed by atoms with Crippen LogP contribution in [0.1, 0.15) is 80.4 Å². The fraction of sp³-hybridized carbons (Fsp3) is 0.341. The van der Waals surface area contributed by atoms with E-state index < -0.39 is 11.2 Å². The Hall–Kier alpha value is -4.13. The number of aromatic nitrogens is 3. The number of pyridine rings is 1. The summed E-state index contributed by atoms with van der Waals surface area (Å²) in [5.41, 5.74) is 8.71. The maximum atomic E-state index is 10.4. The first-order chi connectivity index (χ1) is 21.9. The van der Waals surface area contributed by atoms with Gasteiger partial charge in [0, 0.05) is 28.5 Å². The van der Waals surface area contributed by atoms with E-state index in [9.17, 15) is 5.11 Å². The molecular weight excluding hydrogens is 577 g/mol. The Bertz CT molecular complexity index is 1730. The number of rotatable bonds is 8. The molecule has 6 heteroatoms. The van der Waals surface area contributed by atoms with E-state index in [1.165, 1.54) is 11.1 Å². The molecule has 5 nitrogen and oxygen atoms in total. The highest BCUT2D eigenvalue weighted by Gasteiger charge is 2.35. The van der Waals surface area contributed by atoms with E-state index in [1.807, 2.05) is 44.3 Å². The highest BCUT2D eigenvalue weighted by molar-refractivity contribution is 6.47. The third-order valence-electron chi connectivity index (χ3n) is 9.16. The van der Waals surface area contributed by atoms with Gasteiger partial charge in [0.05, 0.1) is 28.3 Å². The van der Waals surface area contributed by atoms with Crippen molar-refractivity contribution in [2.75, 3.05) is 0 Å². The highest BCUT2D eigenvalue weighted by atomic mass is 16.5. The van der Waals surface area contributed by atoms with E-state index >= 15 is 0 Å². The number of benzene rings is 3. The minimum Gasteiger partial charge on any atom is -0.427 e. The summed E-state index contributed by atoms with van der Waals surface area (Å²) in [7, 11) is 0.414. The third-order valence-corrected chi connectivity index (χ3v) is 9.16. The maximum Gasteiger partial charge on any atom is 0.309 e. The minimum atomic E-state index is -0.948. The molecule has 0 aliphatic heterocycles. The Kier molecular flexibility index (Phi) is 9.33. The lowest BCUT2D eigenvalue weighted by molar-refractivity contribution is -0.0893. The molecule has 3 aromatic carbocycles. The van der Waals surface area contributed by atoms with E-state index in [4.69, 9.17) is 19.6 Å². The fourth-order valence-electron chi connectivity index (χ4n) is 5.06. The van der Waals surface area contributed by atoms with Crippen molar-refractivity contribution in [2.45, 2.75) is 91.3 Å². The van der Waals surface area contributed by atoms with Crippen LogP contribution < -0.4 is 5.46 Å². The van der Waals surface area contributed by atoms with Gasteiger partial charge in [-0.1, -0.05) is 120 Å². The molecule has 0 saturated carbocycles. The van der Waals surface area contributed by atoms with Crippen molar-refractivity contribution in [2.24, 2.45) is 0 Å². The summed E-state index contributed by atoms with van der Waals surface area (Å²) in [6.45, 7) is 20.7. The molecule has 1 N–H and O–H groups in total. The third kappa shape index (κ3) is 8.06. The first kappa shape index (κ1) is 34.2. The Balaban J connectivity index is 1.45. The monoisotopic (exact) mass is 625 g/mol. The molecule has 0 radical (unpaired) electrons. The van der Waals surface area contributed by atoms with Gasteiger partial charge in [-0.15, -0.1) is 0 Å². The van der Waals surface area contributed by atoms with Crippen molar-refractivity contribution in [3.8, 4) is 45.2 Å². The van der Waals surface area contributed by atoms with E-state index in [2.05, 4.69) is 108 Å². The molecule has 242 valence electrons. The molecule has 2 aromatic heterocycles. The summed E-state index contributed by atoms with van der Waals surface area (Å²) in [6, 6.07) is 31.7. The lowest BCUT2D eigenvalue weighted by Gasteiger charge is -2.37. The normalized spacial score (nSPS) is 12.7. The van der Waals surface area contributed by atoms with Gasteiger partial charge in [-0.25, -0.2) is 9.97 Å². The summed E-state index contributed by atoms with van der Waals surface area (Å²) in [5.74, 6) is 0.637. The molecule has 47 heavy (non-hydrogen) atoms. The van der Waals surface area contributed by atoms with Crippen LogP contribution in [0.25, 0.3) is 45.2 Å². The molecule has 0 bridgehead atoms. The van der Waals surface area contributed by atoms with Crippen LogP contribution in [0.5, 0.6) is 0 Å². The second kappa shape index (κ2) is 12.8. The van der Waals surface area contributed by atoms with E-state index in [0.717, 1.165) is 44.8 Å². The van der Waals surface area contributed by atoms with Crippen molar-refractivity contribution in [1.82, 2.24) is 15.0 Å². The van der Waals surface area contributed by atoms with Gasteiger partial charge in [-0.2, -0.15) is 0 Å². The van der Waals surface area contributed by atoms with E-state index in [1.54, 1.807) is 13.8 Å². The molecule has 0 fully saturated rings. The molecule has 0 aliphatic carbocycles. The molecule has 0 unspecified atom stereocenters. The van der Waals surface area contributed by atoms with Crippen LogP contribution in [0, 0.1) is 0 Å². The standard InChI is InChI=1S/C41H48BN3O2/c1-38(2,3)31-18-11-28(12-19-31)35-25-36(29-13-20-32(21-14-29)39(4,5)6)45-37(44-35)30-17-24-34(43-26-30)27-15-22-33(23-16-27)42-47-41(9,10)40(7,8)46/h11-26,42,46H,1-10H3. The quantitative estimate of drug-likeness (QED) is 0.175. The van der Waals surface area contributed by atoms with Crippen molar-refractivity contribution in [3.05, 3.63) is 108 Å². The second-order valence-corrected chi connectivity index (χ2v) is 15.6. The van der Waals surface area contributed by atoms with Crippen LogP contribution in [0.3, 0.4) is 0 Å². The van der Waals surface area contributed by atoms with Crippen LogP contribution in [0.15, 0.2) is 97.2 Å². The van der Waals surface area contributed by atoms with Gasteiger partial charge in [0.2, 0.25) is 0 Å². The van der Waals surface area contributed by atoms with Crippen LogP contribution >= 0.6 is 0 Å². The van der Waals surface area contributed by atoms with Gasteiger partial charge >= 0.3 is 7.48 Å². The lowest BCUT2D eigenvalue weighted by atomic mass is 9.82. The number of aliphatic hydroxyl groups is 1. The maximum absolute atomic E-state index is 10.4. The molecule has 2 heterocycles. The van der Waals surface area contributed by atoms with Crippen LogP contribution in [-0.4, -0.2) is 38.7 Å². The predicted molar refractivity (Wildman–Crippen MR) is 197 cm³/mol. The van der Waals surface area contributed by atoms with Crippen LogP contribution in [0.2, 0.25) is 0 Å². The van der Waals surface area contributed by atoms with Gasteiger partial charge < -0.3 is 9.76 Å². The molecule has 5 rings (SSSR count). The van der Waals surface area contributed by atoms with Crippen molar-refractivity contribution >= 4 is 12.9 Å². The average molecular weight is 626 g/mol. The summed E-state index contributed by atoms with van der Waals surface area (Å²) >= 11 is 0. The largest absolute Gasteiger partial charge is 0.427 e. The number of hydrogen-bond acceptors (Lipinski definition) is 5. The van der Waals surface area contributed by atoms with E-state index in [-0.39, 0.29) is 10.8 Å². The van der Waals surface area contributed by atoms with Crippen molar-refractivity contribution in [3.63, 3.8) is 0 Å². The summed E-state index contributed by atoms with van der Waals surface area (Å²) < 4.78 is 6.04. The Morgan fingerprint density at radius 3 is 1.36 bits per heavy atom. The number of nitrogens with zero attached hydrogens (tertiary/aromatic N) is 3. The zero-order chi connectivity index (χ0) is 34.2. The lowest BCUT2D eigenvalue weighted by Crippen LogP contribution is -2.49. The summed E-state index contributed by atoms with van der Waals surface area (Å²) in [6.07, 6.45) is 1.85. The Morgan fingerprint density at radius 2 is 0.957 bits per heavy atom. The van der Waals surface area contributed by atoms with Gasteiger partial charge in [0.25, 0.3) is 0 Å². The Labute approximate surface area is 281 Å². The molecule has 0 atom stereocenters. The molecular formula is C41H48BN3O2. The topological polar surface area (TPSA) is 68.1 Å². The van der Waals surface area contributed by atoms with Crippen molar-refractivity contribution < 1.29 is 9.76 Å². The first-order valence-corrected chi connectivity index (χ1v) is 16.4. The molecule has 5 aromatic rings. The molecule has 0 amide bonds. The predicted octanol–water partition coefficient (Wildman–Crippen LogP) is 8.68. The second-order valence-electron chi connectivity index (χ2n) is 15.6. The zero-order valence-electron chi connectivity index (χ0n) is 29.6. The zero-order valence-corrected chi connectivity index (χ0v) is 29.6.